The molecule has 0 aliphatic carbocycles. The third-order valence-electron chi connectivity index (χ3n) is 5.38. The zero-order chi connectivity index (χ0) is 24.8. The third-order valence-corrected chi connectivity index (χ3v) is 6.86. The number of aryl methyl sites for hydroxylation is 2. The lowest BCUT2D eigenvalue weighted by Gasteiger charge is -2.32. The van der Waals surface area contributed by atoms with Crippen molar-refractivity contribution in [1.29, 1.82) is 0 Å². The van der Waals surface area contributed by atoms with Gasteiger partial charge in [-0.05, 0) is 49.9 Å². The summed E-state index contributed by atoms with van der Waals surface area (Å²) in [4.78, 5) is 27.6. The number of nitrogens with one attached hydrogen (secondary N) is 1. The zero-order valence-electron chi connectivity index (χ0n) is 19.8. The SMILES string of the molecule is CCCNC(=O)[C@@H](C)N(Cc1ccccc1Cl)C(=O)CN(c1c(C)cccc1C)S(C)(=O)=O. The monoisotopic (exact) mass is 493 g/mol. The second-order valence-corrected chi connectivity index (χ2v) is 10.4. The number of carbonyl (C=O) groups is 2. The first kappa shape index (κ1) is 26.7. The molecule has 0 aliphatic heterocycles. The number of nitrogens with zero attached hydrogens (tertiary/aromatic N) is 2. The summed E-state index contributed by atoms with van der Waals surface area (Å²) in [7, 11) is -3.77. The average Bonchev–Trinajstić information content (AvgIpc) is 2.74. The molecule has 0 bridgehead atoms. The maximum Gasteiger partial charge on any atom is 0.244 e. The Morgan fingerprint density at radius 1 is 1.06 bits per heavy atom. The molecule has 0 heterocycles. The van der Waals surface area contributed by atoms with Gasteiger partial charge >= 0.3 is 0 Å². The normalized spacial score (nSPS) is 12.2. The van der Waals surface area contributed by atoms with Crippen molar-refractivity contribution in [3.8, 4) is 0 Å². The number of sulfonamides is 1. The fourth-order valence-electron chi connectivity index (χ4n) is 3.56. The van der Waals surface area contributed by atoms with Gasteiger partial charge in [0, 0.05) is 18.1 Å². The van der Waals surface area contributed by atoms with Gasteiger partial charge in [0.1, 0.15) is 12.6 Å². The van der Waals surface area contributed by atoms with E-state index < -0.39 is 28.5 Å². The predicted molar refractivity (Wildman–Crippen MR) is 133 cm³/mol. The van der Waals surface area contributed by atoms with E-state index >= 15 is 0 Å². The van der Waals surface area contributed by atoms with Crippen LogP contribution in [0.2, 0.25) is 5.02 Å². The highest BCUT2D eigenvalue weighted by molar-refractivity contribution is 7.92. The number of halogens is 1. The van der Waals surface area contributed by atoms with Gasteiger partial charge in [0.25, 0.3) is 0 Å². The Morgan fingerprint density at radius 2 is 1.67 bits per heavy atom. The molecule has 2 amide bonds. The molecule has 180 valence electrons. The van der Waals surface area contributed by atoms with Crippen molar-refractivity contribution in [3.63, 3.8) is 0 Å². The van der Waals surface area contributed by atoms with E-state index in [9.17, 15) is 18.0 Å². The standard InChI is InChI=1S/C24H32ClN3O4S/c1-6-14-26-24(30)19(4)27(15-20-12-7-8-13-21(20)25)22(29)16-28(33(5,31)32)23-17(2)10-9-11-18(23)3/h7-13,19H,6,14-16H2,1-5H3,(H,26,30)/t19-/m1/s1. The molecule has 0 saturated heterocycles. The smallest absolute Gasteiger partial charge is 0.244 e. The van der Waals surface area contributed by atoms with E-state index in [-0.39, 0.29) is 12.5 Å². The fourth-order valence-corrected chi connectivity index (χ4v) is 4.72. The van der Waals surface area contributed by atoms with Gasteiger partial charge in [-0.25, -0.2) is 8.42 Å². The van der Waals surface area contributed by atoms with E-state index in [1.165, 1.54) is 4.90 Å². The van der Waals surface area contributed by atoms with E-state index in [4.69, 9.17) is 11.6 Å². The van der Waals surface area contributed by atoms with Crippen LogP contribution < -0.4 is 9.62 Å². The molecule has 0 aromatic heterocycles. The third kappa shape index (κ3) is 6.95. The first-order valence-corrected chi connectivity index (χ1v) is 13.0. The number of hydrogen-bond donors (Lipinski definition) is 1. The van der Waals surface area contributed by atoms with E-state index in [2.05, 4.69) is 5.32 Å². The van der Waals surface area contributed by atoms with Crippen molar-refractivity contribution in [2.45, 2.75) is 46.7 Å². The van der Waals surface area contributed by atoms with Gasteiger partial charge < -0.3 is 10.2 Å². The van der Waals surface area contributed by atoms with Crippen LogP contribution in [0, 0.1) is 13.8 Å². The van der Waals surface area contributed by atoms with Gasteiger partial charge in [-0.15, -0.1) is 0 Å². The summed E-state index contributed by atoms with van der Waals surface area (Å²) in [5.41, 5.74) is 2.61. The summed E-state index contributed by atoms with van der Waals surface area (Å²) in [5, 5.41) is 3.27. The molecule has 2 aromatic rings. The average molecular weight is 494 g/mol. The number of para-hydroxylation sites is 1. The highest BCUT2D eigenvalue weighted by Gasteiger charge is 2.31. The van der Waals surface area contributed by atoms with Crippen LogP contribution in [0.1, 0.15) is 37.0 Å². The number of amides is 2. The minimum atomic E-state index is -3.77. The topological polar surface area (TPSA) is 86.8 Å². The Labute approximate surface area is 201 Å². The lowest BCUT2D eigenvalue weighted by molar-refractivity contribution is -0.139. The van der Waals surface area contributed by atoms with Crippen molar-refractivity contribution in [3.05, 3.63) is 64.2 Å². The first-order valence-electron chi connectivity index (χ1n) is 10.8. The van der Waals surface area contributed by atoms with E-state index in [1.807, 2.05) is 13.0 Å². The molecule has 0 spiro atoms. The summed E-state index contributed by atoms with van der Waals surface area (Å²) < 4.78 is 26.5. The van der Waals surface area contributed by atoms with Gasteiger partial charge in [0.2, 0.25) is 21.8 Å². The van der Waals surface area contributed by atoms with Crippen molar-refractivity contribution in [2.75, 3.05) is 23.7 Å². The highest BCUT2D eigenvalue weighted by atomic mass is 35.5. The van der Waals surface area contributed by atoms with Crippen LogP contribution in [-0.2, 0) is 26.2 Å². The minimum absolute atomic E-state index is 0.0730. The van der Waals surface area contributed by atoms with Crippen molar-refractivity contribution in [1.82, 2.24) is 10.2 Å². The summed E-state index contributed by atoms with van der Waals surface area (Å²) in [6.07, 6.45) is 1.83. The number of rotatable bonds is 10. The van der Waals surface area contributed by atoms with E-state index in [0.717, 1.165) is 28.1 Å². The Morgan fingerprint density at radius 3 is 2.21 bits per heavy atom. The quantitative estimate of drug-likeness (QED) is 0.547. The van der Waals surface area contributed by atoms with Crippen molar-refractivity contribution in [2.24, 2.45) is 0 Å². The molecular weight excluding hydrogens is 462 g/mol. The minimum Gasteiger partial charge on any atom is -0.354 e. The maximum atomic E-state index is 13.5. The van der Waals surface area contributed by atoms with Gasteiger partial charge in [-0.1, -0.05) is 54.9 Å². The second-order valence-electron chi connectivity index (χ2n) is 8.09. The molecule has 0 radical (unpaired) electrons. The molecule has 0 aliphatic rings. The summed E-state index contributed by atoms with van der Waals surface area (Å²) in [6.45, 7) is 7.29. The van der Waals surface area contributed by atoms with Crippen LogP contribution in [0.4, 0.5) is 5.69 Å². The van der Waals surface area contributed by atoms with Gasteiger partial charge in [0.15, 0.2) is 0 Å². The van der Waals surface area contributed by atoms with Crippen molar-refractivity contribution >= 4 is 39.1 Å². The van der Waals surface area contributed by atoms with Crippen molar-refractivity contribution < 1.29 is 18.0 Å². The summed E-state index contributed by atoms with van der Waals surface area (Å²) >= 11 is 6.31. The number of carbonyl (C=O) groups excluding carboxylic acids is 2. The molecular formula is C24H32ClN3O4S. The molecule has 0 unspecified atom stereocenters. The molecule has 0 fully saturated rings. The summed E-state index contributed by atoms with van der Waals surface area (Å²) in [5.74, 6) is -0.808. The Kier molecular flexibility index (Phi) is 9.31. The van der Waals surface area contributed by atoms with Gasteiger partial charge in [-0.3, -0.25) is 13.9 Å². The van der Waals surface area contributed by atoms with Crippen LogP contribution >= 0.6 is 11.6 Å². The van der Waals surface area contributed by atoms with Crippen LogP contribution in [0.25, 0.3) is 0 Å². The first-order chi connectivity index (χ1) is 15.5. The Balaban J connectivity index is 2.45. The van der Waals surface area contributed by atoms with E-state index in [0.29, 0.717) is 22.8 Å². The number of anilines is 1. The van der Waals surface area contributed by atoms with Gasteiger partial charge in [-0.2, -0.15) is 0 Å². The Hall–Kier alpha value is -2.58. The molecule has 1 atom stereocenters. The Bertz CT molecular complexity index is 1080. The largest absolute Gasteiger partial charge is 0.354 e. The molecule has 2 rings (SSSR count). The van der Waals surface area contributed by atoms with Crippen LogP contribution in [0.3, 0.4) is 0 Å². The molecule has 33 heavy (non-hydrogen) atoms. The number of hydrogen-bond acceptors (Lipinski definition) is 4. The molecule has 2 aromatic carbocycles. The van der Waals surface area contributed by atoms with E-state index in [1.54, 1.807) is 57.2 Å². The molecule has 7 nitrogen and oxygen atoms in total. The fraction of sp³-hybridized carbons (Fsp3) is 0.417. The van der Waals surface area contributed by atoms with Gasteiger partial charge in [0.05, 0.1) is 11.9 Å². The highest BCUT2D eigenvalue weighted by Crippen LogP contribution is 2.27. The number of benzene rings is 2. The van der Waals surface area contributed by atoms with Crippen LogP contribution in [0.5, 0.6) is 0 Å². The molecule has 0 saturated carbocycles. The summed E-state index contributed by atoms with van der Waals surface area (Å²) in [6, 6.07) is 11.7. The molecule has 1 N–H and O–H groups in total. The zero-order valence-corrected chi connectivity index (χ0v) is 21.3. The predicted octanol–water partition coefficient (Wildman–Crippen LogP) is 3.67. The van der Waals surface area contributed by atoms with Crippen LogP contribution in [0.15, 0.2) is 42.5 Å². The lowest BCUT2D eigenvalue weighted by Crippen LogP contribution is -2.51. The maximum absolute atomic E-state index is 13.5. The lowest BCUT2D eigenvalue weighted by atomic mass is 10.1. The van der Waals surface area contributed by atoms with Crippen LogP contribution in [-0.4, -0.2) is 50.5 Å². The molecule has 9 heteroatoms. The second kappa shape index (κ2) is 11.5.